The second kappa shape index (κ2) is 3.46. The molecule has 0 aromatic carbocycles. The van der Waals surface area contributed by atoms with Gasteiger partial charge in [-0.15, -0.1) is 0 Å². The lowest BCUT2D eigenvalue weighted by molar-refractivity contribution is 0.0835. The highest BCUT2D eigenvalue weighted by molar-refractivity contribution is 7.80. The lowest BCUT2D eigenvalue weighted by atomic mass is 10.5. The van der Waals surface area contributed by atoms with Crippen LogP contribution in [0.3, 0.4) is 0 Å². The summed E-state index contributed by atoms with van der Waals surface area (Å²) in [5.41, 5.74) is 0. The summed E-state index contributed by atoms with van der Waals surface area (Å²) in [6, 6.07) is 0. The predicted molar refractivity (Wildman–Crippen MR) is 28.6 cm³/mol. The van der Waals surface area contributed by atoms with Gasteiger partial charge in [-0.3, -0.25) is 0 Å². The zero-order chi connectivity index (χ0) is 4.99. The summed E-state index contributed by atoms with van der Waals surface area (Å²) in [6.07, 6.45) is 0.0772. The first-order chi connectivity index (χ1) is 2.81. The van der Waals surface area contributed by atoms with Gasteiger partial charge in [-0.25, -0.2) is 5.90 Å². The van der Waals surface area contributed by atoms with E-state index in [1.54, 1.807) is 0 Å². The molecule has 2 N–H and O–H groups in total. The van der Waals surface area contributed by atoms with Crippen molar-refractivity contribution in [2.24, 2.45) is 5.90 Å². The van der Waals surface area contributed by atoms with Crippen LogP contribution in [0, 0.1) is 0 Å². The second-order valence-electron chi connectivity index (χ2n) is 1.13. The molecule has 1 atom stereocenters. The summed E-state index contributed by atoms with van der Waals surface area (Å²) in [5.74, 6) is 5.41. The number of rotatable bonds is 2. The average Bonchev–Trinajstić information content (AvgIpc) is 1.65. The van der Waals surface area contributed by atoms with Crippen molar-refractivity contribution in [1.29, 1.82) is 0 Å². The predicted octanol–water partition coefficient (Wildman–Crippen LogP) is 0.195. The van der Waals surface area contributed by atoms with Crippen molar-refractivity contribution in [3.8, 4) is 0 Å². The molecule has 0 aliphatic rings. The van der Waals surface area contributed by atoms with E-state index in [1.807, 2.05) is 6.92 Å². The van der Waals surface area contributed by atoms with Gasteiger partial charge in [-0.1, -0.05) is 0 Å². The third-order valence-corrected chi connectivity index (χ3v) is 1.00. The third-order valence-electron chi connectivity index (χ3n) is 0.489. The van der Waals surface area contributed by atoms with E-state index < -0.39 is 0 Å². The Kier molecular flexibility index (Phi) is 3.62. The van der Waals surface area contributed by atoms with Gasteiger partial charge in [0, 0.05) is 5.75 Å². The van der Waals surface area contributed by atoms with Crippen molar-refractivity contribution in [1.82, 2.24) is 0 Å². The molecule has 0 saturated carbocycles. The van der Waals surface area contributed by atoms with Crippen molar-refractivity contribution in [3.63, 3.8) is 0 Å². The first-order valence-corrected chi connectivity index (χ1v) is 2.41. The number of nitrogens with two attached hydrogens (primary N) is 1. The summed E-state index contributed by atoms with van der Waals surface area (Å²) in [4.78, 5) is 4.32. The second-order valence-corrected chi connectivity index (χ2v) is 1.49. The molecule has 1 unspecified atom stereocenters. The molecule has 0 aliphatic carbocycles. The molecular formula is C3H9NOS. The smallest absolute Gasteiger partial charge is 0.0846 e. The van der Waals surface area contributed by atoms with Crippen molar-refractivity contribution in [3.05, 3.63) is 0 Å². The Balaban J connectivity index is 2.75. The fourth-order valence-electron chi connectivity index (χ4n) is 0.0430. The van der Waals surface area contributed by atoms with Crippen LogP contribution in [-0.4, -0.2) is 11.9 Å². The molecule has 3 heteroatoms. The van der Waals surface area contributed by atoms with Gasteiger partial charge in [0.05, 0.1) is 6.10 Å². The number of thiol groups is 1. The van der Waals surface area contributed by atoms with Crippen LogP contribution in [0.25, 0.3) is 0 Å². The molecule has 0 rings (SSSR count). The van der Waals surface area contributed by atoms with E-state index in [1.165, 1.54) is 0 Å². The fourth-order valence-corrected chi connectivity index (χ4v) is 0.129. The summed E-state index contributed by atoms with van der Waals surface area (Å²) < 4.78 is 0. The maximum absolute atomic E-state index is 4.73. The van der Waals surface area contributed by atoms with Gasteiger partial charge in [0.25, 0.3) is 0 Å². The Labute approximate surface area is 43.0 Å². The van der Waals surface area contributed by atoms with E-state index in [4.69, 9.17) is 5.90 Å². The standard InChI is InChI=1S/C3H9NOS/c1-3(2-6)5-4/h3,6H,2,4H2,1H3. The molecule has 0 aliphatic heterocycles. The molecule has 0 amide bonds. The monoisotopic (exact) mass is 107 g/mol. The Hall–Kier alpha value is 0.270. The highest BCUT2D eigenvalue weighted by Gasteiger charge is 1.90. The van der Waals surface area contributed by atoms with E-state index >= 15 is 0 Å². The van der Waals surface area contributed by atoms with Crippen molar-refractivity contribution >= 4 is 12.6 Å². The largest absolute Gasteiger partial charge is 0.301 e. The van der Waals surface area contributed by atoms with Gasteiger partial charge in [-0.05, 0) is 6.92 Å². The Morgan fingerprint density at radius 3 is 2.50 bits per heavy atom. The Morgan fingerprint density at radius 2 is 2.50 bits per heavy atom. The fraction of sp³-hybridized carbons (Fsp3) is 1.00. The van der Waals surface area contributed by atoms with E-state index in [0.29, 0.717) is 5.75 Å². The molecule has 0 bridgehead atoms. The zero-order valence-corrected chi connectivity index (χ0v) is 4.61. The topological polar surface area (TPSA) is 35.2 Å². The summed E-state index contributed by atoms with van der Waals surface area (Å²) in [7, 11) is 0. The molecule has 0 radical (unpaired) electrons. The molecule has 0 saturated heterocycles. The van der Waals surface area contributed by atoms with Crippen LogP contribution in [-0.2, 0) is 4.84 Å². The molecule has 0 aromatic heterocycles. The van der Waals surface area contributed by atoms with Crippen LogP contribution in [0.1, 0.15) is 6.92 Å². The number of hydrogen-bond acceptors (Lipinski definition) is 3. The molecule has 0 aromatic rings. The first kappa shape index (κ1) is 6.27. The molecule has 0 heterocycles. The van der Waals surface area contributed by atoms with Crippen molar-refractivity contribution in [2.75, 3.05) is 5.75 Å². The highest BCUT2D eigenvalue weighted by Crippen LogP contribution is 1.85. The molecule has 0 fully saturated rings. The van der Waals surface area contributed by atoms with Gasteiger partial charge in [0.15, 0.2) is 0 Å². The van der Waals surface area contributed by atoms with Crippen LogP contribution in [0.2, 0.25) is 0 Å². The first-order valence-electron chi connectivity index (χ1n) is 1.77. The van der Waals surface area contributed by atoms with Gasteiger partial charge in [0.1, 0.15) is 0 Å². The zero-order valence-electron chi connectivity index (χ0n) is 3.72. The van der Waals surface area contributed by atoms with Gasteiger partial charge >= 0.3 is 0 Å². The van der Waals surface area contributed by atoms with E-state index in [9.17, 15) is 0 Å². The highest BCUT2D eigenvalue weighted by atomic mass is 32.1. The number of hydrogen-bond donors (Lipinski definition) is 2. The molecule has 0 spiro atoms. The summed E-state index contributed by atoms with van der Waals surface area (Å²) in [5, 5.41) is 0. The minimum Gasteiger partial charge on any atom is -0.301 e. The lowest BCUT2D eigenvalue weighted by Gasteiger charge is -1.99. The van der Waals surface area contributed by atoms with Crippen LogP contribution in [0.15, 0.2) is 0 Å². The Bertz CT molecular complexity index is 30.0. The van der Waals surface area contributed by atoms with Crippen LogP contribution >= 0.6 is 12.6 Å². The average molecular weight is 107 g/mol. The normalized spacial score (nSPS) is 14.5. The maximum atomic E-state index is 4.73. The van der Waals surface area contributed by atoms with Crippen molar-refractivity contribution in [2.45, 2.75) is 13.0 Å². The van der Waals surface area contributed by atoms with Crippen LogP contribution in [0.4, 0.5) is 0 Å². The Morgan fingerprint density at radius 1 is 2.00 bits per heavy atom. The SMILES string of the molecule is CC(CS)ON. The van der Waals surface area contributed by atoms with Crippen LogP contribution < -0.4 is 5.90 Å². The summed E-state index contributed by atoms with van der Waals surface area (Å²) in [6.45, 7) is 1.85. The molecular weight excluding hydrogens is 98.1 g/mol. The van der Waals surface area contributed by atoms with Crippen LogP contribution in [0.5, 0.6) is 0 Å². The lowest BCUT2D eigenvalue weighted by Crippen LogP contribution is -2.13. The minimum absolute atomic E-state index is 0.0772. The van der Waals surface area contributed by atoms with Gasteiger partial charge in [0.2, 0.25) is 0 Å². The minimum atomic E-state index is 0.0772. The van der Waals surface area contributed by atoms with Crippen molar-refractivity contribution < 1.29 is 4.84 Å². The van der Waals surface area contributed by atoms with E-state index in [-0.39, 0.29) is 6.10 Å². The molecule has 38 valence electrons. The maximum Gasteiger partial charge on any atom is 0.0846 e. The third kappa shape index (κ3) is 2.50. The quantitative estimate of drug-likeness (QED) is 0.390. The molecule has 2 nitrogen and oxygen atoms in total. The van der Waals surface area contributed by atoms with E-state index in [0.717, 1.165) is 0 Å². The van der Waals surface area contributed by atoms with Gasteiger partial charge < -0.3 is 4.84 Å². The van der Waals surface area contributed by atoms with Gasteiger partial charge in [-0.2, -0.15) is 12.6 Å². The van der Waals surface area contributed by atoms with E-state index in [2.05, 4.69) is 17.5 Å². The molecule has 6 heavy (non-hydrogen) atoms. The summed E-state index contributed by atoms with van der Waals surface area (Å²) >= 11 is 3.89.